The zero-order valence-corrected chi connectivity index (χ0v) is 6.46. The Labute approximate surface area is 57.0 Å². The second kappa shape index (κ2) is 2.27. The van der Waals surface area contributed by atoms with Crippen LogP contribution in [0, 0.1) is 0 Å². The standard InChI is InChI=1S/C7H16N2/c1-4-6-7(8)9(6)5(2)3/h5-7H,4,8H2,1-3H3. The lowest BCUT2D eigenvalue weighted by molar-refractivity contribution is 0.395. The molecule has 3 unspecified atom stereocenters. The van der Waals surface area contributed by atoms with Gasteiger partial charge in [0.15, 0.2) is 0 Å². The summed E-state index contributed by atoms with van der Waals surface area (Å²) in [5, 5.41) is 0. The van der Waals surface area contributed by atoms with E-state index < -0.39 is 0 Å². The van der Waals surface area contributed by atoms with E-state index in [9.17, 15) is 0 Å². The molecule has 3 atom stereocenters. The highest BCUT2D eigenvalue weighted by Crippen LogP contribution is 2.28. The largest absolute Gasteiger partial charge is 0.314 e. The van der Waals surface area contributed by atoms with Gasteiger partial charge in [-0.15, -0.1) is 0 Å². The Kier molecular flexibility index (Phi) is 1.78. The number of nitrogens with zero attached hydrogens (tertiary/aromatic N) is 1. The highest BCUT2D eigenvalue weighted by Gasteiger charge is 2.44. The first-order chi connectivity index (χ1) is 4.18. The highest BCUT2D eigenvalue weighted by molar-refractivity contribution is 4.98. The molecular formula is C7H16N2. The van der Waals surface area contributed by atoms with Crippen LogP contribution in [-0.4, -0.2) is 23.1 Å². The van der Waals surface area contributed by atoms with Crippen molar-refractivity contribution in [1.29, 1.82) is 0 Å². The van der Waals surface area contributed by atoms with Crippen molar-refractivity contribution < 1.29 is 0 Å². The number of hydrogen-bond donors (Lipinski definition) is 1. The minimum Gasteiger partial charge on any atom is -0.314 e. The number of nitrogens with two attached hydrogens (primary N) is 1. The van der Waals surface area contributed by atoms with Gasteiger partial charge in [-0.05, 0) is 20.3 Å². The first kappa shape index (κ1) is 7.03. The van der Waals surface area contributed by atoms with E-state index in [2.05, 4.69) is 25.7 Å². The summed E-state index contributed by atoms with van der Waals surface area (Å²) < 4.78 is 0. The van der Waals surface area contributed by atoms with Crippen LogP contribution >= 0.6 is 0 Å². The van der Waals surface area contributed by atoms with E-state index in [0.29, 0.717) is 18.2 Å². The number of hydrogen-bond acceptors (Lipinski definition) is 2. The molecule has 54 valence electrons. The van der Waals surface area contributed by atoms with Gasteiger partial charge in [-0.2, -0.15) is 0 Å². The Hall–Kier alpha value is -0.0800. The van der Waals surface area contributed by atoms with Crippen LogP contribution in [0.3, 0.4) is 0 Å². The Morgan fingerprint density at radius 3 is 2.22 bits per heavy atom. The van der Waals surface area contributed by atoms with Crippen LogP contribution < -0.4 is 5.73 Å². The Morgan fingerprint density at radius 1 is 1.56 bits per heavy atom. The van der Waals surface area contributed by atoms with E-state index in [1.54, 1.807) is 0 Å². The van der Waals surface area contributed by atoms with Crippen molar-refractivity contribution in [3.63, 3.8) is 0 Å². The van der Waals surface area contributed by atoms with Crippen molar-refractivity contribution >= 4 is 0 Å². The van der Waals surface area contributed by atoms with Crippen molar-refractivity contribution in [3.8, 4) is 0 Å². The zero-order chi connectivity index (χ0) is 7.02. The van der Waals surface area contributed by atoms with Gasteiger partial charge in [-0.1, -0.05) is 6.92 Å². The van der Waals surface area contributed by atoms with Gasteiger partial charge in [-0.3, -0.25) is 4.90 Å². The third kappa shape index (κ3) is 1.10. The van der Waals surface area contributed by atoms with Gasteiger partial charge >= 0.3 is 0 Å². The lowest BCUT2D eigenvalue weighted by atomic mass is 10.3. The average Bonchev–Trinajstić information content (AvgIpc) is 2.40. The molecule has 1 rings (SSSR count). The first-order valence-corrected chi connectivity index (χ1v) is 3.71. The topological polar surface area (TPSA) is 29.0 Å². The van der Waals surface area contributed by atoms with Crippen molar-refractivity contribution in [2.24, 2.45) is 5.73 Å². The molecule has 1 saturated heterocycles. The maximum atomic E-state index is 5.75. The van der Waals surface area contributed by atoms with Gasteiger partial charge in [0.1, 0.15) is 0 Å². The predicted molar refractivity (Wildman–Crippen MR) is 39.0 cm³/mol. The van der Waals surface area contributed by atoms with Gasteiger partial charge in [0.05, 0.1) is 6.17 Å². The van der Waals surface area contributed by atoms with Crippen molar-refractivity contribution in [1.82, 2.24) is 4.90 Å². The van der Waals surface area contributed by atoms with Crippen LogP contribution in [0.4, 0.5) is 0 Å². The Bertz CT molecular complexity index is 101. The fraction of sp³-hybridized carbons (Fsp3) is 1.00. The molecule has 0 amide bonds. The second-order valence-corrected chi connectivity index (χ2v) is 3.01. The summed E-state index contributed by atoms with van der Waals surface area (Å²) in [7, 11) is 0. The van der Waals surface area contributed by atoms with E-state index >= 15 is 0 Å². The molecule has 0 aromatic heterocycles. The molecule has 1 fully saturated rings. The zero-order valence-electron chi connectivity index (χ0n) is 6.46. The summed E-state index contributed by atoms with van der Waals surface area (Å²) in [6.45, 7) is 6.57. The lowest BCUT2D eigenvalue weighted by Gasteiger charge is -2.04. The monoisotopic (exact) mass is 128 g/mol. The molecule has 0 spiro atoms. The molecule has 2 nitrogen and oxygen atoms in total. The Morgan fingerprint density at radius 2 is 2.11 bits per heavy atom. The SMILES string of the molecule is CCC1C(N)N1C(C)C. The second-order valence-electron chi connectivity index (χ2n) is 3.01. The summed E-state index contributed by atoms with van der Waals surface area (Å²) in [5.74, 6) is 0. The molecule has 2 N–H and O–H groups in total. The van der Waals surface area contributed by atoms with E-state index in [1.165, 1.54) is 6.42 Å². The number of rotatable bonds is 2. The molecule has 0 aliphatic carbocycles. The van der Waals surface area contributed by atoms with Crippen LogP contribution in [0.15, 0.2) is 0 Å². The van der Waals surface area contributed by atoms with Gasteiger partial charge < -0.3 is 5.73 Å². The van der Waals surface area contributed by atoms with Crippen molar-refractivity contribution in [3.05, 3.63) is 0 Å². The average molecular weight is 128 g/mol. The molecule has 9 heavy (non-hydrogen) atoms. The molecular weight excluding hydrogens is 112 g/mol. The smallest absolute Gasteiger partial charge is 0.0738 e. The van der Waals surface area contributed by atoms with Crippen LogP contribution in [0.25, 0.3) is 0 Å². The minimum atomic E-state index is 0.356. The van der Waals surface area contributed by atoms with Crippen molar-refractivity contribution in [2.45, 2.75) is 45.4 Å². The van der Waals surface area contributed by atoms with Crippen molar-refractivity contribution in [2.75, 3.05) is 0 Å². The highest BCUT2D eigenvalue weighted by atomic mass is 15.4. The normalized spacial score (nSPS) is 41.7. The summed E-state index contributed by atoms with van der Waals surface area (Å²) in [6.07, 6.45) is 1.55. The third-order valence-corrected chi connectivity index (χ3v) is 2.05. The third-order valence-electron chi connectivity index (χ3n) is 2.05. The lowest BCUT2D eigenvalue weighted by Crippen LogP contribution is -2.16. The maximum Gasteiger partial charge on any atom is 0.0738 e. The molecule has 0 saturated carbocycles. The molecule has 0 aromatic rings. The van der Waals surface area contributed by atoms with Crippen LogP contribution in [0.2, 0.25) is 0 Å². The fourth-order valence-electron chi connectivity index (χ4n) is 1.50. The predicted octanol–water partition coefficient (Wildman–Crippen LogP) is 0.774. The van der Waals surface area contributed by atoms with E-state index in [1.807, 2.05) is 0 Å². The van der Waals surface area contributed by atoms with Gasteiger partial charge in [-0.25, -0.2) is 0 Å². The molecule has 1 aliphatic heterocycles. The molecule has 1 aliphatic rings. The van der Waals surface area contributed by atoms with Crippen LogP contribution in [0.1, 0.15) is 27.2 Å². The van der Waals surface area contributed by atoms with Gasteiger partial charge in [0.2, 0.25) is 0 Å². The Balaban J connectivity index is 2.33. The summed E-state index contributed by atoms with van der Waals surface area (Å²) in [4.78, 5) is 2.33. The molecule has 1 heterocycles. The summed E-state index contributed by atoms with van der Waals surface area (Å²) in [6, 6.07) is 1.30. The molecule has 0 radical (unpaired) electrons. The molecule has 0 bridgehead atoms. The van der Waals surface area contributed by atoms with E-state index in [-0.39, 0.29) is 0 Å². The van der Waals surface area contributed by atoms with E-state index in [0.717, 1.165) is 0 Å². The fourth-order valence-corrected chi connectivity index (χ4v) is 1.50. The van der Waals surface area contributed by atoms with Gasteiger partial charge in [0, 0.05) is 12.1 Å². The maximum absolute atomic E-state index is 5.75. The van der Waals surface area contributed by atoms with Crippen LogP contribution in [-0.2, 0) is 0 Å². The summed E-state index contributed by atoms with van der Waals surface area (Å²) in [5.41, 5.74) is 5.75. The molecule has 0 aromatic carbocycles. The molecule has 2 heteroatoms. The first-order valence-electron chi connectivity index (χ1n) is 3.71. The summed E-state index contributed by atoms with van der Waals surface area (Å²) >= 11 is 0. The van der Waals surface area contributed by atoms with E-state index in [4.69, 9.17) is 5.73 Å². The quantitative estimate of drug-likeness (QED) is 0.557. The van der Waals surface area contributed by atoms with Crippen LogP contribution in [0.5, 0.6) is 0 Å². The minimum absolute atomic E-state index is 0.356. The van der Waals surface area contributed by atoms with Gasteiger partial charge in [0.25, 0.3) is 0 Å².